The number of hydrogen-bond acceptors (Lipinski definition) is 2. The highest BCUT2D eigenvalue weighted by Crippen LogP contribution is 2.09. The average Bonchev–Trinajstić information content (AvgIpc) is 2.52. The molecule has 13 heavy (non-hydrogen) atoms. The molecule has 1 heterocycles. The zero-order valence-electron chi connectivity index (χ0n) is 8.51. The van der Waals surface area contributed by atoms with Crippen molar-refractivity contribution < 1.29 is 4.79 Å². The molecule has 0 radical (unpaired) electrons. The Balaban J connectivity index is 1.96. The Morgan fingerprint density at radius 1 is 1.46 bits per heavy atom. The fourth-order valence-electron chi connectivity index (χ4n) is 1.64. The van der Waals surface area contributed by atoms with E-state index in [-0.39, 0.29) is 0 Å². The van der Waals surface area contributed by atoms with Gasteiger partial charge in [0.1, 0.15) is 0 Å². The Bertz CT molecular complexity index is 159. The Kier molecular flexibility index (Phi) is 4.83. The zero-order valence-corrected chi connectivity index (χ0v) is 8.51. The summed E-state index contributed by atoms with van der Waals surface area (Å²) in [4.78, 5) is 13.2. The van der Waals surface area contributed by atoms with Gasteiger partial charge in [-0.05, 0) is 32.4 Å². The number of nitrogens with zero attached hydrogens (tertiary/aromatic N) is 1. The normalized spacial score (nSPS) is 17.0. The van der Waals surface area contributed by atoms with Crippen molar-refractivity contribution in [1.82, 2.24) is 10.2 Å². The molecule has 0 spiro atoms. The van der Waals surface area contributed by atoms with Gasteiger partial charge in [0.15, 0.2) is 0 Å². The second-order valence-electron chi connectivity index (χ2n) is 3.59. The lowest BCUT2D eigenvalue weighted by Crippen LogP contribution is -2.28. The van der Waals surface area contributed by atoms with Crippen molar-refractivity contribution in [2.24, 2.45) is 0 Å². The van der Waals surface area contributed by atoms with Gasteiger partial charge in [-0.1, -0.05) is 6.92 Å². The van der Waals surface area contributed by atoms with Gasteiger partial charge in [-0.3, -0.25) is 4.79 Å². The lowest BCUT2D eigenvalue weighted by atomic mass is 10.3. The van der Waals surface area contributed by atoms with Gasteiger partial charge in [-0.15, -0.1) is 0 Å². The number of nitrogens with one attached hydrogen (secondary N) is 1. The maximum atomic E-state index is 11.2. The van der Waals surface area contributed by atoms with Crippen LogP contribution in [0.5, 0.6) is 0 Å². The van der Waals surface area contributed by atoms with Crippen LogP contribution in [0.3, 0.4) is 0 Å². The first-order chi connectivity index (χ1) is 6.34. The van der Waals surface area contributed by atoms with E-state index in [2.05, 4.69) is 12.2 Å². The number of carbonyl (C=O) groups is 1. The molecule has 76 valence electrons. The lowest BCUT2D eigenvalue weighted by molar-refractivity contribution is -0.127. The van der Waals surface area contributed by atoms with Gasteiger partial charge in [0.05, 0.1) is 0 Å². The smallest absolute Gasteiger partial charge is 0.222 e. The van der Waals surface area contributed by atoms with E-state index in [0.717, 1.165) is 45.4 Å². The van der Waals surface area contributed by atoms with Gasteiger partial charge in [-0.2, -0.15) is 0 Å². The molecule has 1 aliphatic heterocycles. The maximum Gasteiger partial charge on any atom is 0.222 e. The Labute approximate surface area is 80.5 Å². The molecule has 0 aromatic carbocycles. The van der Waals surface area contributed by atoms with Gasteiger partial charge in [0.25, 0.3) is 0 Å². The fraction of sp³-hybridized carbons (Fsp3) is 0.900. The monoisotopic (exact) mass is 184 g/mol. The second kappa shape index (κ2) is 5.97. The molecule has 0 unspecified atom stereocenters. The number of likely N-dealkylation sites (tertiary alicyclic amines) is 1. The van der Waals surface area contributed by atoms with Crippen LogP contribution in [0.4, 0.5) is 0 Å². The van der Waals surface area contributed by atoms with Gasteiger partial charge in [-0.25, -0.2) is 0 Å². The summed E-state index contributed by atoms with van der Waals surface area (Å²) in [6, 6.07) is 0. The minimum atomic E-state index is 0.343. The fourth-order valence-corrected chi connectivity index (χ4v) is 1.64. The largest absolute Gasteiger partial charge is 0.343 e. The maximum absolute atomic E-state index is 11.2. The summed E-state index contributed by atoms with van der Waals surface area (Å²) in [7, 11) is 0. The number of amides is 1. The molecule has 1 fully saturated rings. The van der Waals surface area contributed by atoms with E-state index in [9.17, 15) is 4.79 Å². The van der Waals surface area contributed by atoms with Gasteiger partial charge >= 0.3 is 0 Å². The summed E-state index contributed by atoms with van der Waals surface area (Å²) in [5, 5.41) is 3.34. The predicted molar refractivity (Wildman–Crippen MR) is 53.6 cm³/mol. The number of hydrogen-bond donors (Lipinski definition) is 1. The highest BCUT2D eigenvalue weighted by molar-refractivity contribution is 5.77. The van der Waals surface area contributed by atoms with E-state index in [1.165, 1.54) is 6.42 Å². The third kappa shape index (κ3) is 3.77. The third-order valence-corrected chi connectivity index (χ3v) is 2.38. The summed E-state index contributed by atoms with van der Waals surface area (Å²) in [6.07, 6.45) is 4.10. The van der Waals surface area contributed by atoms with Crippen LogP contribution in [0.25, 0.3) is 0 Å². The number of rotatable bonds is 6. The Hall–Kier alpha value is -0.570. The topological polar surface area (TPSA) is 32.3 Å². The molecule has 1 amide bonds. The summed E-state index contributed by atoms with van der Waals surface area (Å²) >= 11 is 0. The quantitative estimate of drug-likeness (QED) is 0.625. The van der Waals surface area contributed by atoms with E-state index in [0.29, 0.717) is 5.91 Å². The van der Waals surface area contributed by atoms with Crippen molar-refractivity contribution in [1.29, 1.82) is 0 Å². The molecule has 0 aromatic rings. The Morgan fingerprint density at radius 2 is 2.31 bits per heavy atom. The minimum Gasteiger partial charge on any atom is -0.343 e. The van der Waals surface area contributed by atoms with Crippen molar-refractivity contribution in [2.75, 3.05) is 26.2 Å². The third-order valence-electron chi connectivity index (χ3n) is 2.38. The van der Waals surface area contributed by atoms with Crippen molar-refractivity contribution in [3.05, 3.63) is 0 Å². The van der Waals surface area contributed by atoms with Crippen LogP contribution in [0, 0.1) is 0 Å². The van der Waals surface area contributed by atoms with E-state index in [4.69, 9.17) is 0 Å². The van der Waals surface area contributed by atoms with E-state index in [1.54, 1.807) is 0 Å². The summed E-state index contributed by atoms with van der Waals surface area (Å²) < 4.78 is 0. The highest BCUT2D eigenvalue weighted by Gasteiger charge is 2.18. The molecule has 1 aliphatic rings. The van der Waals surface area contributed by atoms with Crippen LogP contribution >= 0.6 is 0 Å². The Morgan fingerprint density at radius 3 is 2.92 bits per heavy atom. The predicted octanol–water partition coefficient (Wildman–Crippen LogP) is 0.998. The van der Waals surface area contributed by atoms with Crippen LogP contribution in [0.2, 0.25) is 0 Å². The van der Waals surface area contributed by atoms with Crippen molar-refractivity contribution in [2.45, 2.75) is 32.6 Å². The van der Waals surface area contributed by atoms with Crippen LogP contribution < -0.4 is 5.32 Å². The van der Waals surface area contributed by atoms with Crippen LogP contribution in [-0.2, 0) is 4.79 Å². The molecule has 0 saturated carbocycles. The zero-order chi connectivity index (χ0) is 9.52. The number of carbonyl (C=O) groups excluding carboxylic acids is 1. The second-order valence-corrected chi connectivity index (χ2v) is 3.59. The first-order valence-corrected chi connectivity index (χ1v) is 5.33. The van der Waals surface area contributed by atoms with Gasteiger partial charge < -0.3 is 10.2 Å². The molecule has 0 atom stereocenters. The molecule has 0 aliphatic carbocycles. The summed E-state index contributed by atoms with van der Waals surface area (Å²) in [5.74, 6) is 0.343. The summed E-state index contributed by atoms with van der Waals surface area (Å²) in [5.41, 5.74) is 0. The van der Waals surface area contributed by atoms with Crippen molar-refractivity contribution in [3.8, 4) is 0 Å². The van der Waals surface area contributed by atoms with Crippen molar-refractivity contribution >= 4 is 5.91 Å². The van der Waals surface area contributed by atoms with Gasteiger partial charge in [0, 0.05) is 19.5 Å². The molecule has 1 N–H and O–H groups in total. The van der Waals surface area contributed by atoms with Crippen LogP contribution in [-0.4, -0.2) is 37.0 Å². The molecule has 3 heteroatoms. The van der Waals surface area contributed by atoms with Gasteiger partial charge in [0.2, 0.25) is 5.91 Å². The first-order valence-electron chi connectivity index (χ1n) is 5.33. The SMILES string of the molecule is CCCNCCCN1CCCC1=O. The first kappa shape index (κ1) is 10.5. The molecule has 1 saturated heterocycles. The standard InChI is InChI=1S/C10H20N2O/c1-2-6-11-7-4-9-12-8-3-5-10(12)13/h11H,2-9H2,1H3. The van der Waals surface area contributed by atoms with Crippen molar-refractivity contribution in [3.63, 3.8) is 0 Å². The van der Waals surface area contributed by atoms with Crippen LogP contribution in [0.1, 0.15) is 32.6 Å². The molecule has 3 nitrogen and oxygen atoms in total. The highest BCUT2D eigenvalue weighted by atomic mass is 16.2. The molecule has 1 rings (SSSR count). The molecular weight excluding hydrogens is 164 g/mol. The van der Waals surface area contributed by atoms with E-state index in [1.807, 2.05) is 4.90 Å². The average molecular weight is 184 g/mol. The lowest BCUT2D eigenvalue weighted by Gasteiger charge is -2.14. The van der Waals surface area contributed by atoms with E-state index < -0.39 is 0 Å². The summed E-state index contributed by atoms with van der Waals surface area (Å²) in [6.45, 7) is 6.21. The van der Waals surface area contributed by atoms with E-state index >= 15 is 0 Å². The van der Waals surface area contributed by atoms with Crippen LogP contribution in [0.15, 0.2) is 0 Å². The minimum absolute atomic E-state index is 0.343. The molecule has 0 bridgehead atoms. The molecule has 0 aromatic heterocycles. The molecular formula is C10H20N2O.